The molecule has 1 atom stereocenters. The number of nitrogens with two attached hydrogens (primary N) is 2. The van der Waals surface area contributed by atoms with Gasteiger partial charge in [0.05, 0.1) is 0 Å². The zero-order valence-electron chi connectivity index (χ0n) is 21.2. The minimum atomic E-state index is -0.153. The summed E-state index contributed by atoms with van der Waals surface area (Å²) in [4.78, 5) is 0. The molecule has 4 rings (SSSR count). The largest absolute Gasteiger partial charge is 0.457 e. The highest BCUT2D eigenvalue weighted by Gasteiger charge is 2.29. The van der Waals surface area contributed by atoms with Crippen molar-refractivity contribution >= 4 is 11.4 Å². The van der Waals surface area contributed by atoms with E-state index in [4.69, 9.17) is 20.9 Å². The van der Waals surface area contributed by atoms with Crippen LogP contribution >= 0.6 is 0 Å². The second-order valence-electron chi connectivity index (χ2n) is 9.45. The summed E-state index contributed by atoms with van der Waals surface area (Å²) in [6, 6.07) is 25.9. The number of benzene rings is 4. The Bertz CT molecular complexity index is 1300. The van der Waals surface area contributed by atoms with Crippen molar-refractivity contribution in [3.8, 4) is 23.0 Å². The van der Waals surface area contributed by atoms with Crippen LogP contribution in [-0.2, 0) is 5.41 Å². The summed E-state index contributed by atoms with van der Waals surface area (Å²) in [6.07, 6.45) is 0.960. The van der Waals surface area contributed by atoms with Gasteiger partial charge in [-0.25, -0.2) is 0 Å². The molecule has 4 heteroatoms. The summed E-state index contributed by atoms with van der Waals surface area (Å²) in [7, 11) is 0. The van der Waals surface area contributed by atoms with Gasteiger partial charge in [-0.3, -0.25) is 0 Å². The Morgan fingerprint density at radius 1 is 0.629 bits per heavy atom. The third-order valence-corrected chi connectivity index (χ3v) is 6.82. The molecule has 0 fully saturated rings. The minimum Gasteiger partial charge on any atom is -0.457 e. The van der Waals surface area contributed by atoms with Crippen molar-refractivity contribution in [3.05, 3.63) is 107 Å². The molecule has 1 unspecified atom stereocenters. The lowest BCUT2D eigenvalue weighted by Crippen LogP contribution is -2.23. The maximum absolute atomic E-state index is 6.22. The number of hydrogen-bond donors (Lipinski definition) is 2. The lowest BCUT2D eigenvalue weighted by Gasteiger charge is -2.31. The van der Waals surface area contributed by atoms with E-state index in [0.29, 0.717) is 0 Å². The predicted octanol–water partition coefficient (Wildman–Crippen LogP) is 8.08. The summed E-state index contributed by atoms with van der Waals surface area (Å²) in [6.45, 7) is 10.8. The third-order valence-electron chi connectivity index (χ3n) is 6.82. The van der Waals surface area contributed by atoms with E-state index >= 15 is 0 Å². The van der Waals surface area contributed by atoms with E-state index in [0.717, 1.165) is 57.5 Å². The fourth-order valence-electron chi connectivity index (χ4n) is 4.43. The Labute approximate surface area is 208 Å². The molecule has 4 nitrogen and oxygen atoms in total. The van der Waals surface area contributed by atoms with Gasteiger partial charge in [0.15, 0.2) is 0 Å². The van der Waals surface area contributed by atoms with Crippen LogP contribution in [0.25, 0.3) is 0 Å². The molecular weight excluding hydrogens is 432 g/mol. The molecular formula is C31H34N2O2. The van der Waals surface area contributed by atoms with E-state index in [1.165, 1.54) is 11.1 Å². The van der Waals surface area contributed by atoms with E-state index in [2.05, 4.69) is 65.0 Å². The van der Waals surface area contributed by atoms with Gasteiger partial charge in [-0.05, 0) is 110 Å². The van der Waals surface area contributed by atoms with Crippen molar-refractivity contribution in [1.82, 2.24) is 0 Å². The zero-order valence-corrected chi connectivity index (χ0v) is 21.2. The van der Waals surface area contributed by atoms with E-state index in [1.807, 2.05) is 48.5 Å². The first-order valence-corrected chi connectivity index (χ1v) is 12.0. The number of aryl methyl sites for hydroxylation is 3. The first kappa shape index (κ1) is 24.2. The van der Waals surface area contributed by atoms with Crippen LogP contribution in [0, 0.1) is 20.8 Å². The summed E-state index contributed by atoms with van der Waals surface area (Å²) < 4.78 is 12.3. The molecule has 0 radical (unpaired) electrons. The molecule has 4 N–H and O–H groups in total. The topological polar surface area (TPSA) is 70.5 Å². The van der Waals surface area contributed by atoms with Crippen molar-refractivity contribution in [2.75, 3.05) is 11.5 Å². The quantitative estimate of drug-likeness (QED) is 0.270. The number of anilines is 2. The van der Waals surface area contributed by atoms with Crippen LogP contribution in [0.3, 0.4) is 0 Å². The molecule has 0 aromatic heterocycles. The molecule has 0 amide bonds. The van der Waals surface area contributed by atoms with E-state index in [1.54, 1.807) is 0 Å². The van der Waals surface area contributed by atoms with Gasteiger partial charge in [0.1, 0.15) is 23.0 Å². The molecule has 0 aliphatic heterocycles. The van der Waals surface area contributed by atoms with Crippen LogP contribution in [0.1, 0.15) is 48.1 Å². The fourth-order valence-corrected chi connectivity index (χ4v) is 4.43. The van der Waals surface area contributed by atoms with Crippen LogP contribution in [-0.4, -0.2) is 0 Å². The fraction of sp³-hybridized carbons (Fsp3) is 0.226. The minimum absolute atomic E-state index is 0.153. The van der Waals surface area contributed by atoms with Crippen molar-refractivity contribution in [3.63, 3.8) is 0 Å². The summed E-state index contributed by atoms with van der Waals surface area (Å²) in [5, 5.41) is 0. The molecule has 0 saturated carbocycles. The Morgan fingerprint density at radius 2 is 1.11 bits per heavy atom. The monoisotopic (exact) mass is 466 g/mol. The van der Waals surface area contributed by atoms with Crippen LogP contribution in [0.4, 0.5) is 11.4 Å². The van der Waals surface area contributed by atoms with Gasteiger partial charge in [-0.15, -0.1) is 0 Å². The predicted molar refractivity (Wildman–Crippen MR) is 146 cm³/mol. The molecule has 4 aromatic rings. The summed E-state index contributed by atoms with van der Waals surface area (Å²) in [5.41, 5.74) is 18.7. The molecule has 0 heterocycles. The average Bonchev–Trinajstić information content (AvgIpc) is 2.84. The Kier molecular flexibility index (Phi) is 6.74. The Morgan fingerprint density at radius 3 is 1.60 bits per heavy atom. The van der Waals surface area contributed by atoms with Gasteiger partial charge >= 0.3 is 0 Å². The van der Waals surface area contributed by atoms with E-state index in [-0.39, 0.29) is 5.41 Å². The van der Waals surface area contributed by atoms with Gasteiger partial charge in [-0.2, -0.15) is 0 Å². The van der Waals surface area contributed by atoms with E-state index < -0.39 is 0 Å². The van der Waals surface area contributed by atoms with Gasteiger partial charge in [0, 0.05) is 16.8 Å². The first-order valence-electron chi connectivity index (χ1n) is 12.0. The zero-order chi connectivity index (χ0) is 25.2. The smallest absolute Gasteiger partial charge is 0.133 e. The first-order chi connectivity index (χ1) is 16.7. The molecule has 35 heavy (non-hydrogen) atoms. The lowest BCUT2D eigenvalue weighted by molar-refractivity contribution is 0.472. The third kappa shape index (κ3) is 5.12. The number of ether oxygens (including phenoxy) is 2. The average molecular weight is 467 g/mol. The summed E-state index contributed by atoms with van der Waals surface area (Å²) >= 11 is 0. The van der Waals surface area contributed by atoms with Gasteiger partial charge in [0.2, 0.25) is 0 Å². The van der Waals surface area contributed by atoms with Crippen LogP contribution in [0.5, 0.6) is 23.0 Å². The maximum atomic E-state index is 6.22. The number of rotatable bonds is 7. The van der Waals surface area contributed by atoms with Gasteiger partial charge in [0.25, 0.3) is 0 Å². The standard InChI is InChI=1S/C31H34N2O2/c1-6-31(5,23-7-16-29(20(2)17-23)34-27-12-8-25(32)9-13-27)24-18-21(3)30(22(4)19-24)35-28-14-10-26(33)11-15-28/h7-19H,6,32-33H2,1-5H3. The van der Waals surface area contributed by atoms with Crippen molar-refractivity contribution < 1.29 is 9.47 Å². The Balaban J connectivity index is 1.64. The highest BCUT2D eigenvalue weighted by Crippen LogP contribution is 2.41. The molecule has 0 bridgehead atoms. The number of hydrogen-bond acceptors (Lipinski definition) is 4. The molecule has 4 aromatic carbocycles. The molecule has 0 saturated heterocycles. The summed E-state index contributed by atoms with van der Waals surface area (Å²) in [5.74, 6) is 3.29. The van der Waals surface area contributed by atoms with Crippen molar-refractivity contribution in [2.24, 2.45) is 0 Å². The van der Waals surface area contributed by atoms with Crippen LogP contribution < -0.4 is 20.9 Å². The highest BCUT2D eigenvalue weighted by molar-refractivity contribution is 5.53. The SMILES string of the molecule is CCC(C)(c1ccc(Oc2ccc(N)cc2)c(C)c1)c1cc(C)c(Oc2ccc(N)cc2)c(C)c1. The molecule has 180 valence electrons. The normalized spacial score (nSPS) is 12.7. The number of nitrogen functional groups attached to an aromatic ring is 2. The van der Waals surface area contributed by atoms with Gasteiger partial charge in [-0.1, -0.05) is 38.1 Å². The van der Waals surface area contributed by atoms with Crippen LogP contribution in [0.2, 0.25) is 0 Å². The van der Waals surface area contributed by atoms with Crippen molar-refractivity contribution in [1.29, 1.82) is 0 Å². The van der Waals surface area contributed by atoms with Gasteiger partial charge < -0.3 is 20.9 Å². The highest BCUT2D eigenvalue weighted by atomic mass is 16.5. The van der Waals surface area contributed by atoms with Crippen LogP contribution in [0.15, 0.2) is 78.9 Å². The molecule has 0 spiro atoms. The molecule has 0 aliphatic rings. The van der Waals surface area contributed by atoms with Crippen molar-refractivity contribution in [2.45, 2.75) is 46.5 Å². The lowest BCUT2D eigenvalue weighted by atomic mass is 9.73. The second kappa shape index (κ2) is 9.75. The maximum Gasteiger partial charge on any atom is 0.133 e. The second-order valence-corrected chi connectivity index (χ2v) is 9.45. The molecule has 0 aliphatic carbocycles. The van der Waals surface area contributed by atoms with E-state index in [9.17, 15) is 0 Å². The Hall–Kier alpha value is -3.92.